The number of benzene rings is 1. The fourth-order valence-electron chi connectivity index (χ4n) is 2.72. The summed E-state index contributed by atoms with van der Waals surface area (Å²) < 4.78 is 5.86. The molecule has 0 radical (unpaired) electrons. The molecule has 1 heterocycles. The minimum atomic E-state index is -0.0449. The van der Waals surface area contributed by atoms with E-state index in [9.17, 15) is 0 Å². The quantitative estimate of drug-likeness (QED) is 0.517. The number of hydrogen-bond acceptors (Lipinski definition) is 4. The lowest BCUT2D eigenvalue weighted by molar-refractivity contribution is 0.265. The van der Waals surface area contributed by atoms with Crippen molar-refractivity contribution in [3.05, 3.63) is 53.2 Å². The van der Waals surface area contributed by atoms with Crippen molar-refractivity contribution in [2.45, 2.75) is 72.6 Å². The van der Waals surface area contributed by atoms with Crippen LogP contribution in [0, 0.1) is 0 Å². The van der Waals surface area contributed by atoms with E-state index >= 15 is 0 Å². The van der Waals surface area contributed by atoms with Gasteiger partial charge in [0, 0.05) is 24.5 Å². The fourth-order valence-corrected chi connectivity index (χ4v) is 2.72. The molecule has 6 nitrogen and oxygen atoms in total. The molecule has 0 saturated carbocycles. The van der Waals surface area contributed by atoms with E-state index in [1.807, 2.05) is 6.20 Å². The fraction of sp³-hybridized carbons (Fsp3) is 0.565. The largest absolute Gasteiger partial charge is 0.443 e. The van der Waals surface area contributed by atoms with Gasteiger partial charge < -0.3 is 15.1 Å². The number of guanidine groups is 1. The standard InChI is InChI=1S/C23H37N5O/c1-8-24-22(27-15-21-25-14-20(29-21)23(4,5)6)26-13-18-11-9-10-12-19(18)16-28(7)17(2)3/h9-12,14,17H,8,13,15-16H2,1-7H3,(H2,24,26,27). The Bertz CT molecular complexity index is 789. The highest BCUT2D eigenvalue weighted by Gasteiger charge is 2.19. The van der Waals surface area contributed by atoms with Crippen molar-refractivity contribution in [3.8, 4) is 0 Å². The van der Waals surface area contributed by atoms with E-state index in [4.69, 9.17) is 9.41 Å². The van der Waals surface area contributed by atoms with Gasteiger partial charge in [-0.2, -0.15) is 0 Å². The SMILES string of the molecule is CCNC(=NCc1ccccc1CN(C)C(C)C)NCc1ncc(C(C)(C)C)o1. The molecule has 2 N–H and O–H groups in total. The van der Waals surface area contributed by atoms with Crippen LogP contribution in [0.1, 0.15) is 64.3 Å². The predicted octanol–water partition coefficient (Wildman–Crippen LogP) is 4.07. The lowest BCUT2D eigenvalue weighted by atomic mass is 9.94. The van der Waals surface area contributed by atoms with E-state index in [1.165, 1.54) is 11.1 Å². The number of nitrogens with one attached hydrogen (secondary N) is 2. The van der Waals surface area contributed by atoms with Crippen LogP contribution in [0.4, 0.5) is 0 Å². The average molecular weight is 400 g/mol. The highest BCUT2D eigenvalue weighted by Crippen LogP contribution is 2.22. The minimum Gasteiger partial charge on any atom is -0.443 e. The molecule has 0 amide bonds. The van der Waals surface area contributed by atoms with Gasteiger partial charge in [-0.1, -0.05) is 45.0 Å². The number of hydrogen-bond donors (Lipinski definition) is 2. The Morgan fingerprint density at radius 1 is 1.17 bits per heavy atom. The van der Waals surface area contributed by atoms with Crippen LogP contribution in [-0.2, 0) is 25.0 Å². The lowest BCUT2D eigenvalue weighted by Crippen LogP contribution is -2.36. The van der Waals surface area contributed by atoms with Crippen LogP contribution in [-0.4, -0.2) is 35.5 Å². The van der Waals surface area contributed by atoms with Gasteiger partial charge in [-0.15, -0.1) is 0 Å². The minimum absolute atomic E-state index is 0.0449. The highest BCUT2D eigenvalue weighted by atomic mass is 16.4. The maximum Gasteiger partial charge on any atom is 0.213 e. The Kier molecular flexibility index (Phi) is 8.26. The second kappa shape index (κ2) is 10.4. The molecule has 0 spiro atoms. The Balaban J connectivity index is 2.05. The van der Waals surface area contributed by atoms with Gasteiger partial charge in [-0.05, 0) is 38.9 Å². The third-order valence-corrected chi connectivity index (χ3v) is 4.87. The molecular formula is C23H37N5O. The zero-order chi connectivity index (χ0) is 21.4. The first kappa shape index (κ1) is 22.9. The van der Waals surface area contributed by atoms with Crippen molar-refractivity contribution in [3.63, 3.8) is 0 Å². The number of aromatic nitrogens is 1. The van der Waals surface area contributed by atoms with Gasteiger partial charge >= 0.3 is 0 Å². The van der Waals surface area contributed by atoms with Crippen LogP contribution in [0.3, 0.4) is 0 Å². The summed E-state index contributed by atoms with van der Waals surface area (Å²) in [6.45, 7) is 15.7. The van der Waals surface area contributed by atoms with Gasteiger partial charge in [0.25, 0.3) is 0 Å². The Morgan fingerprint density at radius 2 is 1.86 bits per heavy atom. The number of rotatable bonds is 8. The zero-order valence-electron chi connectivity index (χ0n) is 19.0. The first-order valence-corrected chi connectivity index (χ1v) is 10.4. The van der Waals surface area contributed by atoms with Crippen LogP contribution < -0.4 is 10.6 Å². The monoisotopic (exact) mass is 399 g/mol. The van der Waals surface area contributed by atoms with Crippen molar-refractivity contribution in [1.82, 2.24) is 20.5 Å². The maximum atomic E-state index is 5.86. The van der Waals surface area contributed by atoms with E-state index in [1.54, 1.807) is 0 Å². The Labute approximate surface area is 175 Å². The second-order valence-corrected chi connectivity index (χ2v) is 8.69. The van der Waals surface area contributed by atoms with Crippen molar-refractivity contribution >= 4 is 5.96 Å². The van der Waals surface area contributed by atoms with Crippen LogP contribution >= 0.6 is 0 Å². The van der Waals surface area contributed by atoms with Crippen LogP contribution in [0.15, 0.2) is 39.9 Å². The topological polar surface area (TPSA) is 65.7 Å². The first-order chi connectivity index (χ1) is 13.7. The van der Waals surface area contributed by atoms with Crippen LogP contribution in [0.25, 0.3) is 0 Å². The normalized spacial score (nSPS) is 12.7. The summed E-state index contributed by atoms with van der Waals surface area (Å²) in [5.41, 5.74) is 2.51. The summed E-state index contributed by atoms with van der Waals surface area (Å²) in [4.78, 5) is 11.5. The summed E-state index contributed by atoms with van der Waals surface area (Å²) in [5.74, 6) is 2.31. The molecule has 160 valence electrons. The molecule has 0 fully saturated rings. The third kappa shape index (κ3) is 7.20. The molecule has 2 rings (SSSR count). The molecule has 0 unspecified atom stereocenters. The highest BCUT2D eigenvalue weighted by molar-refractivity contribution is 5.79. The molecule has 1 aromatic heterocycles. The number of nitrogens with zero attached hydrogens (tertiary/aromatic N) is 3. The van der Waals surface area contributed by atoms with Crippen molar-refractivity contribution in [2.75, 3.05) is 13.6 Å². The summed E-state index contributed by atoms with van der Waals surface area (Å²) in [5, 5.41) is 6.62. The molecule has 1 aromatic carbocycles. The molecule has 2 aromatic rings. The van der Waals surface area contributed by atoms with Crippen molar-refractivity contribution < 1.29 is 4.42 Å². The van der Waals surface area contributed by atoms with E-state index < -0.39 is 0 Å². The van der Waals surface area contributed by atoms with E-state index in [0.29, 0.717) is 25.0 Å². The average Bonchev–Trinajstić information content (AvgIpc) is 3.14. The first-order valence-electron chi connectivity index (χ1n) is 10.4. The smallest absolute Gasteiger partial charge is 0.213 e. The lowest BCUT2D eigenvalue weighted by Gasteiger charge is -2.22. The molecule has 0 atom stereocenters. The van der Waals surface area contributed by atoms with Crippen LogP contribution in [0.5, 0.6) is 0 Å². The van der Waals surface area contributed by atoms with Gasteiger partial charge in [-0.25, -0.2) is 9.98 Å². The molecule has 0 aliphatic heterocycles. The van der Waals surface area contributed by atoms with Gasteiger partial charge in [0.15, 0.2) is 5.96 Å². The molecular weight excluding hydrogens is 362 g/mol. The van der Waals surface area contributed by atoms with Gasteiger partial charge in [-0.3, -0.25) is 4.90 Å². The van der Waals surface area contributed by atoms with Gasteiger partial charge in [0.2, 0.25) is 5.89 Å². The maximum absolute atomic E-state index is 5.86. The Morgan fingerprint density at radius 3 is 2.45 bits per heavy atom. The molecule has 6 heteroatoms. The molecule has 0 aliphatic rings. The number of oxazole rings is 1. The molecule has 29 heavy (non-hydrogen) atoms. The van der Waals surface area contributed by atoms with E-state index in [-0.39, 0.29) is 5.41 Å². The summed E-state index contributed by atoms with van der Waals surface area (Å²) >= 11 is 0. The molecule has 0 aliphatic carbocycles. The zero-order valence-corrected chi connectivity index (χ0v) is 19.0. The molecule has 0 bridgehead atoms. The van der Waals surface area contributed by atoms with Crippen molar-refractivity contribution in [1.29, 1.82) is 0 Å². The van der Waals surface area contributed by atoms with Crippen molar-refractivity contribution in [2.24, 2.45) is 4.99 Å². The Hall–Kier alpha value is -2.34. The summed E-state index contributed by atoms with van der Waals surface area (Å²) in [6, 6.07) is 9.01. The second-order valence-electron chi connectivity index (χ2n) is 8.69. The summed E-state index contributed by atoms with van der Waals surface area (Å²) in [7, 11) is 2.15. The van der Waals surface area contributed by atoms with Gasteiger partial charge in [0.1, 0.15) is 5.76 Å². The van der Waals surface area contributed by atoms with Gasteiger partial charge in [0.05, 0.1) is 19.3 Å². The third-order valence-electron chi connectivity index (χ3n) is 4.87. The predicted molar refractivity (Wildman–Crippen MR) is 120 cm³/mol. The molecule has 0 saturated heterocycles. The summed E-state index contributed by atoms with van der Waals surface area (Å²) in [6.07, 6.45) is 1.81. The van der Waals surface area contributed by atoms with E-state index in [0.717, 1.165) is 24.8 Å². The van der Waals surface area contributed by atoms with Crippen LogP contribution in [0.2, 0.25) is 0 Å². The van der Waals surface area contributed by atoms with E-state index in [2.05, 4.69) is 93.4 Å². The number of aliphatic imine (C=N–C) groups is 1.